The van der Waals surface area contributed by atoms with Crippen LogP contribution in [-0.2, 0) is 4.74 Å². The first-order valence-corrected chi connectivity index (χ1v) is 8.89. The Morgan fingerprint density at radius 2 is 2.00 bits per heavy atom. The molecule has 134 valence electrons. The number of nitrogens with two attached hydrogens (primary N) is 1. The summed E-state index contributed by atoms with van der Waals surface area (Å²) < 4.78 is 10.5. The van der Waals surface area contributed by atoms with Crippen molar-refractivity contribution in [1.29, 1.82) is 0 Å². The van der Waals surface area contributed by atoms with Crippen molar-refractivity contribution in [3.05, 3.63) is 40.3 Å². The smallest absolute Gasteiger partial charge is 0.341 e. The average Bonchev–Trinajstić information content (AvgIpc) is 2.94. The molecule has 1 amide bonds. The molecule has 2 aromatic rings. The number of carbonyl (C=O) groups excluding carboxylic acids is 2. The van der Waals surface area contributed by atoms with Gasteiger partial charge in [-0.05, 0) is 44.5 Å². The maximum atomic E-state index is 12.5. The van der Waals surface area contributed by atoms with E-state index >= 15 is 0 Å². The summed E-state index contributed by atoms with van der Waals surface area (Å²) in [5.41, 5.74) is 7.08. The molecule has 0 saturated heterocycles. The van der Waals surface area contributed by atoms with Crippen molar-refractivity contribution in [2.24, 2.45) is 0 Å². The Bertz CT molecular complexity index is 770. The highest BCUT2D eigenvalue weighted by molar-refractivity contribution is 7.16. The van der Waals surface area contributed by atoms with Crippen LogP contribution in [0, 0.1) is 6.92 Å². The first kappa shape index (κ1) is 18.8. The van der Waals surface area contributed by atoms with Gasteiger partial charge in [0, 0.05) is 10.4 Å². The predicted octanol–water partition coefficient (Wildman–Crippen LogP) is 3.86. The fraction of sp³-hybridized carbons (Fsp3) is 0.333. The number of carbonyl (C=O) groups is 2. The lowest BCUT2D eigenvalue weighted by atomic mass is 10.1. The molecule has 0 bridgehead atoms. The molecule has 0 fully saturated rings. The zero-order valence-corrected chi connectivity index (χ0v) is 15.4. The molecular weight excluding hydrogens is 340 g/mol. The standard InChI is InChI=1S/C18H22N2O4S/c1-4-8-24-15-7-6-12(10-14(15)19)16(21)20-17-13(9-11(3)25-17)18(22)23-5-2/h6-7,9-10H,4-5,8,19H2,1-3H3,(H,20,21). The number of ether oxygens (including phenoxy) is 2. The highest BCUT2D eigenvalue weighted by Gasteiger charge is 2.19. The fourth-order valence-corrected chi connectivity index (χ4v) is 3.07. The van der Waals surface area contributed by atoms with E-state index < -0.39 is 5.97 Å². The van der Waals surface area contributed by atoms with Crippen LogP contribution in [0.25, 0.3) is 0 Å². The third-order valence-electron chi connectivity index (χ3n) is 3.31. The molecule has 0 saturated carbocycles. The first-order chi connectivity index (χ1) is 12.0. The van der Waals surface area contributed by atoms with Crippen molar-refractivity contribution in [3.8, 4) is 5.75 Å². The Balaban J connectivity index is 2.17. The number of anilines is 2. The van der Waals surface area contributed by atoms with Crippen molar-refractivity contribution >= 4 is 33.9 Å². The summed E-state index contributed by atoms with van der Waals surface area (Å²) in [5, 5.41) is 3.22. The van der Waals surface area contributed by atoms with E-state index in [1.165, 1.54) is 11.3 Å². The Kier molecular flexibility index (Phi) is 6.41. The van der Waals surface area contributed by atoms with Gasteiger partial charge in [0.2, 0.25) is 0 Å². The highest BCUT2D eigenvalue weighted by Crippen LogP contribution is 2.29. The number of nitrogens with one attached hydrogen (secondary N) is 1. The molecule has 0 radical (unpaired) electrons. The van der Waals surface area contributed by atoms with Gasteiger partial charge in [0.25, 0.3) is 5.91 Å². The quantitative estimate of drug-likeness (QED) is 0.576. The summed E-state index contributed by atoms with van der Waals surface area (Å²) in [5.74, 6) is -0.247. The molecule has 1 aromatic heterocycles. The third-order valence-corrected chi connectivity index (χ3v) is 4.28. The van der Waals surface area contributed by atoms with Crippen LogP contribution in [0.1, 0.15) is 45.9 Å². The average molecular weight is 362 g/mol. The first-order valence-electron chi connectivity index (χ1n) is 8.07. The maximum absolute atomic E-state index is 12.5. The third kappa shape index (κ3) is 4.73. The van der Waals surface area contributed by atoms with E-state index in [4.69, 9.17) is 15.2 Å². The number of hydrogen-bond donors (Lipinski definition) is 2. The van der Waals surface area contributed by atoms with Gasteiger partial charge in [-0.2, -0.15) is 0 Å². The van der Waals surface area contributed by atoms with Crippen LogP contribution in [0.3, 0.4) is 0 Å². The van der Waals surface area contributed by atoms with Crippen LogP contribution in [0.2, 0.25) is 0 Å². The van der Waals surface area contributed by atoms with Crippen molar-refractivity contribution in [2.75, 3.05) is 24.3 Å². The molecule has 0 unspecified atom stereocenters. The lowest BCUT2D eigenvalue weighted by molar-refractivity contribution is 0.0528. The summed E-state index contributed by atoms with van der Waals surface area (Å²) in [4.78, 5) is 25.4. The molecule has 7 heteroatoms. The van der Waals surface area contributed by atoms with Gasteiger partial charge in [0.15, 0.2) is 0 Å². The molecule has 2 rings (SSSR count). The largest absolute Gasteiger partial charge is 0.491 e. The summed E-state index contributed by atoms with van der Waals surface area (Å²) in [7, 11) is 0. The van der Waals surface area contributed by atoms with E-state index in [0.717, 1.165) is 11.3 Å². The molecule has 0 aliphatic carbocycles. The SMILES string of the molecule is CCCOc1ccc(C(=O)Nc2sc(C)cc2C(=O)OCC)cc1N. The van der Waals surface area contributed by atoms with Gasteiger partial charge in [-0.1, -0.05) is 6.92 Å². The van der Waals surface area contributed by atoms with Crippen LogP contribution in [-0.4, -0.2) is 25.1 Å². The zero-order valence-electron chi connectivity index (χ0n) is 14.5. The second-order valence-electron chi connectivity index (χ2n) is 5.38. The van der Waals surface area contributed by atoms with Crippen LogP contribution < -0.4 is 15.8 Å². The van der Waals surface area contributed by atoms with Crippen LogP contribution >= 0.6 is 11.3 Å². The van der Waals surface area contributed by atoms with Crippen LogP contribution in [0.15, 0.2) is 24.3 Å². The van der Waals surface area contributed by atoms with Crippen molar-refractivity contribution in [1.82, 2.24) is 0 Å². The highest BCUT2D eigenvalue weighted by atomic mass is 32.1. The molecule has 0 aliphatic heterocycles. The maximum Gasteiger partial charge on any atom is 0.341 e. The summed E-state index contributed by atoms with van der Waals surface area (Å²) >= 11 is 1.32. The Hall–Kier alpha value is -2.54. The summed E-state index contributed by atoms with van der Waals surface area (Å²) in [6.07, 6.45) is 0.871. The second kappa shape index (κ2) is 8.53. The molecular formula is C18H22N2O4S. The van der Waals surface area contributed by atoms with Gasteiger partial charge in [0.1, 0.15) is 10.8 Å². The summed E-state index contributed by atoms with van der Waals surface area (Å²) in [6.45, 7) is 6.44. The summed E-state index contributed by atoms with van der Waals surface area (Å²) in [6, 6.07) is 6.58. The number of rotatable bonds is 7. The van der Waals surface area contributed by atoms with E-state index in [0.29, 0.717) is 34.2 Å². The van der Waals surface area contributed by atoms with Crippen LogP contribution in [0.4, 0.5) is 10.7 Å². The van der Waals surface area contributed by atoms with Gasteiger partial charge >= 0.3 is 5.97 Å². The molecule has 1 aromatic carbocycles. The Morgan fingerprint density at radius 3 is 2.64 bits per heavy atom. The van der Waals surface area contributed by atoms with Gasteiger partial charge in [-0.15, -0.1) is 11.3 Å². The lowest BCUT2D eigenvalue weighted by Crippen LogP contribution is -2.14. The van der Waals surface area contributed by atoms with Crippen molar-refractivity contribution in [3.63, 3.8) is 0 Å². The number of hydrogen-bond acceptors (Lipinski definition) is 6. The fourth-order valence-electron chi connectivity index (χ4n) is 2.18. The number of benzene rings is 1. The van der Waals surface area contributed by atoms with E-state index in [-0.39, 0.29) is 12.5 Å². The van der Waals surface area contributed by atoms with Gasteiger partial charge < -0.3 is 20.5 Å². The number of nitrogen functional groups attached to an aromatic ring is 1. The van der Waals surface area contributed by atoms with Gasteiger partial charge in [0.05, 0.1) is 24.5 Å². The minimum atomic E-state index is -0.454. The van der Waals surface area contributed by atoms with Crippen molar-refractivity contribution in [2.45, 2.75) is 27.2 Å². The van der Waals surface area contributed by atoms with Crippen LogP contribution in [0.5, 0.6) is 5.75 Å². The minimum Gasteiger partial charge on any atom is -0.491 e. The number of esters is 1. The van der Waals surface area contributed by atoms with Crippen molar-refractivity contribution < 1.29 is 19.1 Å². The molecule has 1 heterocycles. The molecule has 0 atom stereocenters. The lowest BCUT2D eigenvalue weighted by Gasteiger charge is -2.10. The predicted molar refractivity (Wildman–Crippen MR) is 99.6 cm³/mol. The zero-order chi connectivity index (χ0) is 18.4. The number of thiophene rings is 1. The topological polar surface area (TPSA) is 90.6 Å². The molecule has 25 heavy (non-hydrogen) atoms. The Morgan fingerprint density at radius 1 is 1.24 bits per heavy atom. The number of amides is 1. The van der Waals surface area contributed by atoms with Gasteiger partial charge in [-0.25, -0.2) is 4.79 Å². The molecule has 0 spiro atoms. The van der Waals surface area contributed by atoms with E-state index in [2.05, 4.69) is 5.32 Å². The molecule has 0 aliphatic rings. The molecule has 3 N–H and O–H groups in total. The van der Waals surface area contributed by atoms with E-state index in [1.54, 1.807) is 31.2 Å². The second-order valence-corrected chi connectivity index (χ2v) is 6.63. The molecule has 6 nitrogen and oxygen atoms in total. The number of aryl methyl sites for hydroxylation is 1. The minimum absolute atomic E-state index is 0.275. The van der Waals surface area contributed by atoms with Gasteiger partial charge in [-0.3, -0.25) is 4.79 Å². The Labute approximate surface area is 150 Å². The monoisotopic (exact) mass is 362 g/mol. The normalized spacial score (nSPS) is 10.4. The van der Waals surface area contributed by atoms with E-state index in [9.17, 15) is 9.59 Å². The van der Waals surface area contributed by atoms with E-state index in [1.807, 2.05) is 13.8 Å².